The molecule has 9 nitrogen and oxygen atoms in total. The van der Waals surface area contributed by atoms with Crippen LogP contribution < -0.4 is 26.8 Å². The van der Waals surface area contributed by atoms with Gasteiger partial charge >= 0.3 is 0 Å². The summed E-state index contributed by atoms with van der Waals surface area (Å²) in [6, 6.07) is 16.3. The Morgan fingerprint density at radius 3 is 2.49 bits per heavy atom. The molecule has 10 heteroatoms. The number of anilines is 2. The standard InChI is InChI=1S/C29H26ClN7O2/c1-17(10-18-6-4-5-7-19(18)14-31)28(38)32-22-13-26(37(3)16-22)29(39)33-21-12-25(36(2)15-21)27-34-23-9-8-20(30)11-24(23)35-27/h4-16H,1,31H2,2-3H3,(H,32,38)(H,33,39)(H,34,35)/b18-10-,19-14-. The van der Waals surface area contributed by atoms with Gasteiger partial charge in [-0.05, 0) is 46.8 Å². The quantitative estimate of drug-likeness (QED) is 0.247. The van der Waals surface area contributed by atoms with Crippen molar-refractivity contribution in [3.63, 3.8) is 0 Å². The molecule has 39 heavy (non-hydrogen) atoms. The lowest BCUT2D eigenvalue weighted by atomic mass is 10.1. The van der Waals surface area contributed by atoms with Crippen LogP contribution >= 0.6 is 11.6 Å². The van der Waals surface area contributed by atoms with Gasteiger partial charge in [-0.25, -0.2) is 4.98 Å². The number of nitrogens with two attached hydrogens (primary N) is 1. The van der Waals surface area contributed by atoms with Crippen LogP contribution in [-0.4, -0.2) is 30.9 Å². The summed E-state index contributed by atoms with van der Waals surface area (Å²) in [5.74, 6) is -0.0633. The van der Waals surface area contributed by atoms with Crippen molar-refractivity contribution >= 4 is 58.1 Å². The lowest BCUT2D eigenvalue weighted by Crippen LogP contribution is -2.26. The first kappa shape index (κ1) is 25.6. The number of nitrogens with one attached hydrogen (secondary N) is 3. The van der Waals surface area contributed by atoms with Crippen LogP contribution in [0.2, 0.25) is 5.02 Å². The molecule has 0 aliphatic rings. The van der Waals surface area contributed by atoms with Crippen molar-refractivity contribution < 1.29 is 9.59 Å². The monoisotopic (exact) mass is 539 g/mol. The minimum Gasteiger partial charge on any atom is -0.404 e. The largest absolute Gasteiger partial charge is 0.404 e. The molecular formula is C29H26ClN7O2. The van der Waals surface area contributed by atoms with Gasteiger partial charge < -0.3 is 30.5 Å². The number of aromatic nitrogens is 4. The van der Waals surface area contributed by atoms with Crippen LogP contribution in [0.25, 0.3) is 34.8 Å². The molecule has 0 bridgehead atoms. The molecular weight excluding hydrogens is 514 g/mol. The van der Waals surface area contributed by atoms with E-state index >= 15 is 0 Å². The van der Waals surface area contributed by atoms with Crippen LogP contribution in [0.15, 0.2) is 79.1 Å². The van der Waals surface area contributed by atoms with E-state index in [0.29, 0.717) is 27.9 Å². The topological polar surface area (TPSA) is 123 Å². The van der Waals surface area contributed by atoms with Crippen molar-refractivity contribution in [2.75, 3.05) is 10.6 Å². The third-order valence-electron chi connectivity index (χ3n) is 6.24. The number of fused-ring (bicyclic) bond motifs is 1. The first-order valence-electron chi connectivity index (χ1n) is 12.0. The van der Waals surface area contributed by atoms with Gasteiger partial charge in [-0.1, -0.05) is 42.4 Å². The molecule has 0 saturated heterocycles. The summed E-state index contributed by atoms with van der Waals surface area (Å²) in [5, 5.41) is 7.88. The molecule has 0 aliphatic carbocycles. The number of aromatic amines is 1. The SMILES string of the molecule is C=C(/C=c1/cccc/c1=C/N)C(=O)Nc1cc(C(=O)Nc2cc(-c3nc4cc(Cl)ccc4[nH]3)n(C)c2)n(C)c1. The number of H-pyrrole nitrogens is 1. The van der Waals surface area contributed by atoms with E-state index in [1.165, 1.54) is 6.20 Å². The van der Waals surface area contributed by atoms with Gasteiger partial charge in [-0.2, -0.15) is 0 Å². The van der Waals surface area contributed by atoms with E-state index < -0.39 is 0 Å². The predicted octanol–water partition coefficient (Wildman–Crippen LogP) is 3.48. The fourth-order valence-corrected chi connectivity index (χ4v) is 4.45. The van der Waals surface area contributed by atoms with Gasteiger partial charge in [0.2, 0.25) is 0 Å². The molecule has 5 aromatic rings. The summed E-state index contributed by atoms with van der Waals surface area (Å²) in [6.07, 6.45) is 6.60. The van der Waals surface area contributed by atoms with Crippen LogP contribution in [0.4, 0.5) is 11.4 Å². The number of aryl methyl sites for hydroxylation is 2. The Labute approximate surface area is 228 Å². The molecule has 196 valence electrons. The Hall–Kier alpha value is -5.02. The zero-order valence-electron chi connectivity index (χ0n) is 21.3. The second kappa shape index (κ2) is 10.4. The average Bonchev–Trinajstić information content (AvgIpc) is 3.59. The van der Waals surface area contributed by atoms with Gasteiger partial charge in [0, 0.05) is 43.3 Å². The lowest BCUT2D eigenvalue weighted by molar-refractivity contribution is -0.112. The number of imidazole rings is 1. The molecule has 0 fully saturated rings. The number of amides is 2. The molecule has 5 rings (SSSR count). The van der Waals surface area contributed by atoms with E-state index in [2.05, 4.69) is 27.2 Å². The number of rotatable bonds is 6. The third kappa shape index (κ3) is 5.34. The van der Waals surface area contributed by atoms with Crippen molar-refractivity contribution in [2.45, 2.75) is 0 Å². The molecule has 0 unspecified atom stereocenters. The predicted molar refractivity (Wildman–Crippen MR) is 155 cm³/mol. The number of hydrogen-bond donors (Lipinski definition) is 4. The molecule has 0 saturated carbocycles. The third-order valence-corrected chi connectivity index (χ3v) is 6.48. The van der Waals surface area contributed by atoms with E-state index in [9.17, 15) is 9.59 Å². The van der Waals surface area contributed by atoms with Gasteiger partial charge in [0.1, 0.15) is 5.69 Å². The van der Waals surface area contributed by atoms with Crippen LogP contribution in [0.1, 0.15) is 10.5 Å². The van der Waals surface area contributed by atoms with Crippen LogP contribution in [-0.2, 0) is 18.9 Å². The van der Waals surface area contributed by atoms with Gasteiger partial charge in [0.15, 0.2) is 5.82 Å². The van der Waals surface area contributed by atoms with Crippen molar-refractivity contribution in [3.8, 4) is 11.5 Å². The number of halogens is 1. The van der Waals surface area contributed by atoms with Gasteiger partial charge in [-0.3, -0.25) is 9.59 Å². The molecule has 0 radical (unpaired) electrons. The molecule has 3 heterocycles. The maximum atomic E-state index is 13.1. The highest BCUT2D eigenvalue weighted by molar-refractivity contribution is 6.31. The molecule has 2 aromatic carbocycles. The van der Waals surface area contributed by atoms with E-state index in [4.69, 9.17) is 17.3 Å². The van der Waals surface area contributed by atoms with E-state index in [1.54, 1.807) is 48.3 Å². The Balaban J connectivity index is 1.30. The highest BCUT2D eigenvalue weighted by Gasteiger charge is 2.17. The maximum absolute atomic E-state index is 13.1. The normalized spacial score (nSPS) is 12.2. The van der Waals surface area contributed by atoms with Crippen molar-refractivity contribution in [1.82, 2.24) is 19.1 Å². The summed E-state index contributed by atoms with van der Waals surface area (Å²) in [4.78, 5) is 33.7. The number of hydrogen-bond acceptors (Lipinski definition) is 4. The van der Waals surface area contributed by atoms with Gasteiger partial charge in [0.25, 0.3) is 11.8 Å². The summed E-state index contributed by atoms with van der Waals surface area (Å²) in [6.45, 7) is 3.87. The van der Waals surface area contributed by atoms with Crippen LogP contribution in [0, 0.1) is 0 Å². The van der Waals surface area contributed by atoms with Crippen LogP contribution in [0.3, 0.4) is 0 Å². The summed E-state index contributed by atoms with van der Waals surface area (Å²) < 4.78 is 3.51. The molecule has 0 atom stereocenters. The van der Waals surface area contributed by atoms with Gasteiger partial charge in [0.05, 0.1) is 28.1 Å². The number of carbonyl (C=O) groups is 2. The van der Waals surface area contributed by atoms with Gasteiger partial charge in [-0.15, -0.1) is 0 Å². The highest BCUT2D eigenvalue weighted by atomic mass is 35.5. The minimum atomic E-state index is -0.390. The van der Waals surface area contributed by atoms with E-state index in [1.807, 2.05) is 48.0 Å². The fourth-order valence-electron chi connectivity index (χ4n) is 4.28. The molecule has 0 aliphatic heterocycles. The smallest absolute Gasteiger partial charge is 0.272 e. The molecule has 3 aromatic heterocycles. The van der Waals surface area contributed by atoms with Crippen molar-refractivity contribution in [1.29, 1.82) is 0 Å². The zero-order valence-corrected chi connectivity index (χ0v) is 22.1. The lowest BCUT2D eigenvalue weighted by Gasteiger charge is -2.03. The van der Waals surface area contributed by atoms with Crippen molar-refractivity contribution in [3.05, 3.63) is 100 Å². The first-order chi connectivity index (χ1) is 18.7. The van der Waals surface area contributed by atoms with Crippen LogP contribution in [0.5, 0.6) is 0 Å². The summed E-state index contributed by atoms with van der Waals surface area (Å²) in [7, 11) is 3.60. The first-order valence-corrected chi connectivity index (χ1v) is 12.4. The Bertz CT molecular complexity index is 1880. The Morgan fingerprint density at radius 2 is 1.72 bits per heavy atom. The number of benzene rings is 2. The number of carbonyl (C=O) groups excluding carboxylic acids is 2. The van der Waals surface area contributed by atoms with E-state index in [-0.39, 0.29) is 17.4 Å². The van der Waals surface area contributed by atoms with E-state index in [0.717, 1.165) is 27.2 Å². The zero-order chi connectivity index (χ0) is 27.7. The molecule has 2 amide bonds. The summed E-state index contributed by atoms with van der Waals surface area (Å²) in [5.41, 5.74) is 9.76. The highest BCUT2D eigenvalue weighted by Crippen LogP contribution is 2.26. The Morgan fingerprint density at radius 1 is 1.00 bits per heavy atom. The fraction of sp³-hybridized carbons (Fsp3) is 0.0690. The average molecular weight is 540 g/mol. The maximum Gasteiger partial charge on any atom is 0.272 e. The Kier molecular flexibility index (Phi) is 6.83. The summed E-state index contributed by atoms with van der Waals surface area (Å²) >= 11 is 6.08. The molecule has 0 spiro atoms. The number of nitrogens with zero attached hydrogens (tertiary/aromatic N) is 3. The van der Waals surface area contributed by atoms with Crippen molar-refractivity contribution in [2.24, 2.45) is 19.8 Å². The molecule has 5 N–H and O–H groups in total. The minimum absolute atomic E-state index is 0.254. The second-order valence-corrected chi connectivity index (χ2v) is 9.51. The second-order valence-electron chi connectivity index (χ2n) is 9.07.